The van der Waals surface area contributed by atoms with Crippen molar-refractivity contribution in [2.75, 3.05) is 0 Å². The Morgan fingerprint density at radius 1 is 1.30 bits per heavy atom. The summed E-state index contributed by atoms with van der Waals surface area (Å²) in [5.41, 5.74) is -0.346. The third kappa shape index (κ3) is 6.33. The Morgan fingerprint density at radius 3 is 2.48 bits per heavy atom. The number of carbonyl (C=O) groups excluding carboxylic acids is 2. The number of carbonyl (C=O) groups is 2. The molecule has 0 fully saturated rings. The molecule has 0 saturated carbocycles. The van der Waals surface area contributed by atoms with Crippen molar-refractivity contribution in [3.8, 4) is 0 Å². The molecule has 1 aromatic rings. The van der Waals surface area contributed by atoms with E-state index in [2.05, 4.69) is 10.6 Å². The van der Waals surface area contributed by atoms with Gasteiger partial charge in [0.05, 0.1) is 4.92 Å². The molecule has 2 amide bonds. The lowest BCUT2D eigenvalue weighted by atomic mass is 10.2. The fraction of sp³-hybridized carbons (Fsp3) is 0.467. The Morgan fingerprint density at radius 2 is 1.91 bits per heavy atom. The van der Waals surface area contributed by atoms with Crippen LogP contribution in [-0.2, 0) is 16.1 Å². The molecule has 0 aliphatic rings. The number of nitro groups is 1. The molecule has 0 radical (unpaired) electrons. The molecule has 1 aromatic carbocycles. The summed E-state index contributed by atoms with van der Waals surface area (Å²) in [4.78, 5) is 33.9. The number of nitrogens with one attached hydrogen (secondary N) is 2. The van der Waals surface area contributed by atoms with E-state index in [0.29, 0.717) is 5.56 Å². The first-order chi connectivity index (χ1) is 10.6. The minimum Gasteiger partial charge on any atom is -0.444 e. The summed E-state index contributed by atoms with van der Waals surface area (Å²) in [5, 5.41) is 15.8. The van der Waals surface area contributed by atoms with Gasteiger partial charge < -0.3 is 15.4 Å². The van der Waals surface area contributed by atoms with Gasteiger partial charge in [-0.2, -0.15) is 0 Å². The standard InChI is InChI=1S/C15H21N3O5/c1-10(17-14(20)23-15(2,3)4)13(19)16-9-11-7-5-6-8-12(11)18(21)22/h5-8,10H,9H2,1-4H3,(H,16,19)(H,17,20)/t10-/m0/s1. The molecule has 0 unspecified atom stereocenters. The number of hydrogen-bond acceptors (Lipinski definition) is 5. The Bertz CT molecular complexity index is 595. The predicted molar refractivity (Wildman–Crippen MR) is 83.8 cm³/mol. The molecular formula is C15H21N3O5. The van der Waals surface area contributed by atoms with E-state index in [4.69, 9.17) is 4.74 Å². The highest BCUT2D eigenvalue weighted by atomic mass is 16.6. The van der Waals surface area contributed by atoms with E-state index < -0.39 is 28.6 Å². The van der Waals surface area contributed by atoms with Crippen LogP contribution in [0.4, 0.5) is 10.5 Å². The van der Waals surface area contributed by atoms with Crippen molar-refractivity contribution in [1.82, 2.24) is 10.6 Å². The largest absolute Gasteiger partial charge is 0.444 e. The third-order valence-corrected chi connectivity index (χ3v) is 2.77. The fourth-order valence-electron chi connectivity index (χ4n) is 1.72. The Kier molecular flexibility index (Phi) is 6.06. The van der Waals surface area contributed by atoms with E-state index >= 15 is 0 Å². The second-order valence-corrected chi connectivity index (χ2v) is 5.97. The number of para-hydroxylation sites is 1. The van der Waals surface area contributed by atoms with E-state index in [9.17, 15) is 19.7 Å². The number of alkyl carbamates (subject to hydrolysis) is 1. The Balaban J connectivity index is 2.57. The van der Waals surface area contributed by atoms with E-state index in [-0.39, 0.29) is 12.2 Å². The highest BCUT2D eigenvalue weighted by Crippen LogP contribution is 2.17. The average molecular weight is 323 g/mol. The van der Waals surface area contributed by atoms with Crippen LogP contribution < -0.4 is 10.6 Å². The van der Waals surface area contributed by atoms with Crippen LogP contribution in [0.25, 0.3) is 0 Å². The molecule has 0 bridgehead atoms. The van der Waals surface area contributed by atoms with Crippen LogP contribution in [0.15, 0.2) is 24.3 Å². The number of hydrogen-bond donors (Lipinski definition) is 2. The summed E-state index contributed by atoms with van der Waals surface area (Å²) in [5.74, 6) is -0.464. The van der Waals surface area contributed by atoms with Gasteiger partial charge in [-0.1, -0.05) is 18.2 Å². The molecule has 126 valence electrons. The first-order valence-corrected chi connectivity index (χ1v) is 7.09. The van der Waals surface area contributed by atoms with Crippen LogP contribution in [0.1, 0.15) is 33.3 Å². The smallest absolute Gasteiger partial charge is 0.408 e. The van der Waals surface area contributed by atoms with Crippen molar-refractivity contribution in [3.05, 3.63) is 39.9 Å². The molecular weight excluding hydrogens is 302 g/mol. The summed E-state index contributed by atoms with van der Waals surface area (Å²) >= 11 is 0. The molecule has 0 aliphatic heterocycles. The van der Waals surface area contributed by atoms with Crippen molar-refractivity contribution in [2.24, 2.45) is 0 Å². The summed E-state index contributed by atoms with van der Waals surface area (Å²) in [6, 6.07) is 5.30. The zero-order chi connectivity index (χ0) is 17.6. The Hall–Kier alpha value is -2.64. The van der Waals surface area contributed by atoms with Crippen molar-refractivity contribution >= 4 is 17.7 Å². The number of nitrogens with zero attached hydrogens (tertiary/aromatic N) is 1. The van der Waals surface area contributed by atoms with Crippen LogP contribution in [-0.4, -0.2) is 28.6 Å². The maximum atomic E-state index is 11.9. The number of amides is 2. The monoisotopic (exact) mass is 323 g/mol. The third-order valence-electron chi connectivity index (χ3n) is 2.77. The molecule has 0 heterocycles. The molecule has 0 saturated heterocycles. The van der Waals surface area contributed by atoms with Crippen LogP contribution >= 0.6 is 0 Å². The molecule has 8 nitrogen and oxygen atoms in total. The zero-order valence-electron chi connectivity index (χ0n) is 13.6. The number of ether oxygens (including phenoxy) is 1. The van der Waals surface area contributed by atoms with E-state index in [1.807, 2.05) is 0 Å². The van der Waals surface area contributed by atoms with Gasteiger partial charge in [0.15, 0.2) is 0 Å². The minimum atomic E-state index is -0.826. The van der Waals surface area contributed by atoms with Crippen molar-refractivity contribution < 1.29 is 19.2 Å². The topological polar surface area (TPSA) is 111 Å². The lowest BCUT2D eigenvalue weighted by molar-refractivity contribution is -0.385. The van der Waals surface area contributed by atoms with Crippen molar-refractivity contribution in [2.45, 2.75) is 45.9 Å². The van der Waals surface area contributed by atoms with Crippen LogP contribution in [0.5, 0.6) is 0 Å². The number of benzene rings is 1. The SMILES string of the molecule is C[C@H](NC(=O)OC(C)(C)C)C(=O)NCc1ccccc1[N+](=O)[O-]. The van der Waals surface area contributed by atoms with Crippen LogP contribution in [0.3, 0.4) is 0 Å². The molecule has 23 heavy (non-hydrogen) atoms. The van der Waals surface area contributed by atoms with E-state index in [1.54, 1.807) is 39.0 Å². The molecule has 1 rings (SSSR count). The summed E-state index contributed by atoms with van der Waals surface area (Å²) in [6.07, 6.45) is -0.703. The lowest BCUT2D eigenvalue weighted by Crippen LogP contribution is -2.46. The summed E-state index contributed by atoms with van der Waals surface area (Å²) < 4.78 is 5.05. The van der Waals surface area contributed by atoms with Gasteiger partial charge in [0, 0.05) is 18.2 Å². The quantitative estimate of drug-likeness (QED) is 0.637. The summed E-state index contributed by atoms with van der Waals surface area (Å²) in [7, 11) is 0. The maximum Gasteiger partial charge on any atom is 0.408 e. The van der Waals surface area contributed by atoms with E-state index in [1.165, 1.54) is 13.0 Å². The van der Waals surface area contributed by atoms with Crippen molar-refractivity contribution in [1.29, 1.82) is 0 Å². The first-order valence-electron chi connectivity index (χ1n) is 7.09. The molecule has 0 aliphatic carbocycles. The predicted octanol–water partition coefficient (Wildman–Crippen LogP) is 2.12. The molecule has 1 atom stereocenters. The fourth-order valence-corrected chi connectivity index (χ4v) is 1.72. The number of nitro benzene ring substituents is 1. The van der Waals surface area contributed by atoms with Gasteiger partial charge in [-0.25, -0.2) is 4.79 Å². The summed E-state index contributed by atoms with van der Waals surface area (Å²) in [6.45, 7) is 6.64. The Labute approximate surface area is 134 Å². The molecule has 0 spiro atoms. The lowest BCUT2D eigenvalue weighted by Gasteiger charge is -2.21. The molecule has 8 heteroatoms. The van der Waals surface area contributed by atoms with E-state index in [0.717, 1.165) is 0 Å². The van der Waals surface area contributed by atoms with Gasteiger partial charge >= 0.3 is 6.09 Å². The minimum absolute atomic E-state index is 0.00365. The van der Waals surface area contributed by atoms with Crippen LogP contribution in [0.2, 0.25) is 0 Å². The highest BCUT2D eigenvalue weighted by molar-refractivity contribution is 5.85. The van der Waals surface area contributed by atoms with Crippen LogP contribution in [0, 0.1) is 10.1 Å². The molecule has 0 aromatic heterocycles. The number of rotatable bonds is 5. The van der Waals surface area contributed by atoms with Gasteiger partial charge in [-0.05, 0) is 27.7 Å². The highest BCUT2D eigenvalue weighted by Gasteiger charge is 2.21. The zero-order valence-corrected chi connectivity index (χ0v) is 13.6. The maximum absolute atomic E-state index is 11.9. The molecule has 2 N–H and O–H groups in total. The van der Waals surface area contributed by atoms with Gasteiger partial charge in [-0.15, -0.1) is 0 Å². The second kappa shape index (κ2) is 7.57. The van der Waals surface area contributed by atoms with Gasteiger partial charge in [0.25, 0.3) is 5.69 Å². The second-order valence-electron chi connectivity index (χ2n) is 5.97. The average Bonchev–Trinajstić information content (AvgIpc) is 2.42. The van der Waals surface area contributed by atoms with Gasteiger partial charge in [0.2, 0.25) is 5.91 Å². The van der Waals surface area contributed by atoms with Gasteiger partial charge in [-0.3, -0.25) is 14.9 Å². The van der Waals surface area contributed by atoms with Gasteiger partial charge in [0.1, 0.15) is 11.6 Å². The normalized spacial score (nSPS) is 12.2. The van der Waals surface area contributed by atoms with Crippen molar-refractivity contribution in [3.63, 3.8) is 0 Å². The first kappa shape index (κ1) is 18.4.